The smallest absolute Gasteiger partial charge is 0.147 e. The molecule has 1 heterocycles. The van der Waals surface area contributed by atoms with Crippen LogP contribution in [0.15, 0.2) is 30.5 Å². The summed E-state index contributed by atoms with van der Waals surface area (Å²) in [5, 5.41) is 6.00. The Morgan fingerprint density at radius 3 is 2.70 bits per heavy atom. The van der Waals surface area contributed by atoms with Crippen molar-refractivity contribution >= 4 is 17.2 Å². The Balaban J connectivity index is 2.19. The molecular formula is C15H17F2N3. The monoisotopic (exact) mass is 277 g/mol. The molecule has 1 aromatic heterocycles. The molecule has 106 valence electrons. The third-order valence-electron chi connectivity index (χ3n) is 2.84. The van der Waals surface area contributed by atoms with Crippen molar-refractivity contribution in [2.24, 2.45) is 0 Å². The number of pyridine rings is 1. The maximum absolute atomic E-state index is 13.8. The fourth-order valence-corrected chi connectivity index (χ4v) is 1.76. The van der Waals surface area contributed by atoms with Gasteiger partial charge in [0.25, 0.3) is 0 Å². The molecule has 2 aromatic rings. The number of rotatable bonds is 5. The van der Waals surface area contributed by atoms with E-state index in [9.17, 15) is 8.78 Å². The van der Waals surface area contributed by atoms with Crippen LogP contribution >= 0.6 is 0 Å². The number of aryl methyl sites for hydroxylation is 1. The predicted octanol–water partition coefficient (Wildman–Crippen LogP) is 4.23. The van der Waals surface area contributed by atoms with Crippen LogP contribution in [-0.2, 0) is 0 Å². The fraction of sp³-hybridized carbons (Fsp3) is 0.267. The SMILES string of the molecule is CCCNc1cc(Nc2cc(F)c(C)cc2F)ccn1. The van der Waals surface area contributed by atoms with Crippen molar-refractivity contribution in [2.75, 3.05) is 17.2 Å². The summed E-state index contributed by atoms with van der Waals surface area (Å²) in [5.74, 6) is -0.221. The molecule has 0 bridgehead atoms. The van der Waals surface area contributed by atoms with Gasteiger partial charge in [0.1, 0.15) is 17.5 Å². The molecule has 5 heteroatoms. The maximum atomic E-state index is 13.8. The Hall–Kier alpha value is -2.17. The van der Waals surface area contributed by atoms with Crippen LogP contribution in [-0.4, -0.2) is 11.5 Å². The molecule has 0 aliphatic carbocycles. The third-order valence-corrected chi connectivity index (χ3v) is 2.84. The number of nitrogens with zero attached hydrogens (tertiary/aromatic N) is 1. The number of nitrogens with one attached hydrogen (secondary N) is 2. The number of anilines is 3. The average molecular weight is 277 g/mol. The maximum Gasteiger partial charge on any atom is 0.147 e. The first-order valence-corrected chi connectivity index (χ1v) is 6.52. The molecular weight excluding hydrogens is 260 g/mol. The minimum Gasteiger partial charge on any atom is -0.370 e. The van der Waals surface area contributed by atoms with E-state index in [4.69, 9.17) is 0 Å². The van der Waals surface area contributed by atoms with E-state index in [0.717, 1.165) is 19.0 Å². The van der Waals surface area contributed by atoms with Gasteiger partial charge in [-0.15, -0.1) is 0 Å². The Bertz CT molecular complexity index is 600. The topological polar surface area (TPSA) is 37.0 Å². The summed E-state index contributed by atoms with van der Waals surface area (Å²) in [5.41, 5.74) is 1.05. The molecule has 0 atom stereocenters. The number of aromatic nitrogens is 1. The summed E-state index contributed by atoms with van der Waals surface area (Å²) in [6.45, 7) is 4.39. The summed E-state index contributed by atoms with van der Waals surface area (Å²) < 4.78 is 27.2. The first-order chi connectivity index (χ1) is 9.60. The molecule has 2 rings (SSSR count). The number of benzene rings is 1. The standard InChI is InChI=1S/C15H17F2N3/c1-3-5-18-15-8-11(4-6-19-15)20-14-9-12(16)10(2)7-13(14)17/h4,6-9H,3,5H2,1-2H3,(H2,18,19,20). The lowest BCUT2D eigenvalue weighted by atomic mass is 10.2. The van der Waals surface area contributed by atoms with Gasteiger partial charge < -0.3 is 10.6 Å². The predicted molar refractivity (Wildman–Crippen MR) is 77.4 cm³/mol. The Labute approximate surface area is 117 Å². The second-order valence-electron chi connectivity index (χ2n) is 4.56. The molecule has 1 aromatic carbocycles. The molecule has 0 spiro atoms. The van der Waals surface area contributed by atoms with Crippen LogP contribution in [0.1, 0.15) is 18.9 Å². The summed E-state index contributed by atoms with van der Waals surface area (Å²) in [7, 11) is 0. The largest absolute Gasteiger partial charge is 0.370 e. The molecule has 0 saturated carbocycles. The molecule has 0 unspecified atom stereocenters. The molecule has 2 N–H and O–H groups in total. The van der Waals surface area contributed by atoms with Crippen LogP contribution in [0.2, 0.25) is 0 Å². The van der Waals surface area contributed by atoms with E-state index in [0.29, 0.717) is 11.5 Å². The van der Waals surface area contributed by atoms with Crippen molar-refractivity contribution in [3.63, 3.8) is 0 Å². The second-order valence-corrected chi connectivity index (χ2v) is 4.56. The molecule has 0 amide bonds. The molecule has 20 heavy (non-hydrogen) atoms. The van der Waals surface area contributed by atoms with E-state index in [1.165, 1.54) is 13.0 Å². The lowest BCUT2D eigenvalue weighted by molar-refractivity contribution is 0.595. The van der Waals surface area contributed by atoms with E-state index < -0.39 is 11.6 Å². The van der Waals surface area contributed by atoms with Crippen LogP contribution < -0.4 is 10.6 Å². The molecule has 0 fully saturated rings. The van der Waals surface area contributed by atoms with Crippen molar-refractivity contribution in [1.82, 2.24) is 4.98 Å². The van der Waals surface area contributed by atoms with Crippen molar-refractivity contribution in [2.45, 2.75) is 20.3 Å². The van der Waals surface area contributed by atoms with E-state index in [-0.39, 0.29) is 11.3 Å². The second kappa shape index (κ2) is 6.32. The lowest BCUT2D eigenvalue weighted by Gasteiger charge is -2.10. The summed E-state index contributed by atoms with van der Waals surface area (Å²) in [4.78, 5) is 4.15. The summed E-state index contributed by atoms with van der Waals surface area (Å²) >= 11 is 0. The van der Waals surface area contributed by atoms with Crippen molar-refractivity contribution < 1.29 is 8.78 Å². The van der Waals surface area contributed by atoms with Gasteiger partial charge in [0.05, 0.1) is 5.69 Å². The Morgan fingerprint density at radius 1 is 1.15 bits per heavy atom. The van der Waals surface area contributed by atoms with Crippen LogP contribution in [0.4, 0.5) is 26.0 Å². The van der Waals surface area contributed by atoms with Gasteiger partial charge >= 0.3 is 0 Å². The van der Waals surface area contributed by atoms with Crippen molar-refractivity contribution in [3.8, 4) is 0 Å². The van der Waals surface area contributed by atoms with Crippen LogP contribution in [0.3, 0.4) is 0 Å². The first kappa shape index (κ1) is 14.2. The third kappa shape index (κ3) is 3.44. The number of hydrogen-bond acceptors (Lipinski definition) is 3. The zero-order valence-corrected chi connectivity index (χ0v) is 11.5. The van der Waals surface area contributed by atoms with Gasteiger partial charge in [0, 0.05) is 30.6 Å². The van der Waals surface area contributed by atoms with Crippen LogP contribution in [0.25, 0.3) is 0 Å². The van der Waals surface area contributed by atoms with Gasteiger partial charge in [0.15, 0.2) is 0 Å². The molecule has 0 radical (unpaired) electrons. The van der Waals surface area contributed by atoms with Crippen LogP contribution in [0.5, 0.6) is 0 Å². The van der Waals surface area contributed by atoms with E-state index in [1.54, 1.807) is 18.3 Å². The quantitative estimate of drug-likeness (QED) is 0.858. The molecule has 0 aliphatic heterocycles. The Morgan fingerprint density at radius 2 is 1.95 bits per heavy atom. The molecule has 3 nitrogen and oxygen atoms in total. The Kier molecular flexibility index (Phi) is 4.50. The van der Waals surface area contributed by atoms with Gasteiger partial charge in [-0.05, 0) is 31.0 Å². The average Bonchev–Trinajstić information content (AvgIpc) is 2.43. The molecule has 0 aliphatic rings. The summed E-state index contributed by atoms with van der Waals surface area (Å²) in [6, 6.07) is 5.79. The number of hydrogen-bond donors (Lipinski definition) is 2. The van der Waals surface area contributed by atoms with Gasteiger partial charge in [-0.2, -0.15) is 0 Å². The zero-order valence-electron chi connectivity index (χ0n) is 11.5. The highest BCUT2D eigenvalue weighted by Crippen LogP contribution is 2.23. The number of halogens is 2. The van der Waals surface area contributed by atoms with Gasteiger partial charge in [-0.1, -0.05) is 6.92 Å². The lowest BCUT2D eigenvalue weighted by Crippen LogP contribution is -2.03. The van der Waals surface area contributed by atoms with Gasteiger partial charge in [0.2, 0.25) is 0 Å². The zero-order chi connectivity index (χ0) is 14.5. The van der Waals surface area contributed by atoms with Gasteiger partial charge in [-0.25, -0.2) is 13.8 Å². The summed E-state index contributed by atoms with van der Waals surface area (Å²) in [6.07, 6.45) is 2.60. The van der Waals surface area contributed by atoms with E-state index in [1.807, 2.05) is 0 Å². The van der Waals surface area contributed by atoms with Crippen LogP contribution in [0, 0.1) is 18.6 Å². The van der Waals surface area contributed by atoms with Gasteiger partial charge in [-0.3, -0.25) is 0 Å². The first-order valence-electron chi connectivity index (χ1n) is 6.52. The van der Waals surface area contributed by atoms with E-state index >= 15 is 0 Å². The highest BCUT2D eigenvalue weighted by Gasteiger charge is 2.08. The van der Waals surface area contributed by atoms with Crippen molar-refractivity contribution in [3.05, 3.63) is 47.7 Å². The molecule has 0 saturated heterocycles. The minimum absolute atomic E-state index is 0.112. The minimum atomic E-state index is -0.483. The highest BCUT2D eigenvalue weighted by atomic mass is 19.1. The normalized spacial score (nSPS) is 10.4. The van der Waals surface area contributed by atoms with E-state index in [2.05, 4.69) is 22.5 Å². The highest BCUT2D eigenvalue weighted by molar-refractivity contribution is 5.63. The fourth-order valence-electron chi connectivity index (χ4n) is 1.76. The van der Waals surface area contributed by atoms with Crippen molar-refractivity contribution in [1.29, 1.82) is 0 Å².